The number of aromatic amines is 2. The van der Waals surface area contributed by atoms with E-state index in [0.29, 0.717) is 101 Å². The molecule has 0 unspecified atom stereocenters. The summed E-state index contributed by atoms with van der Waals surface area (Å²) in [5.74, 6) is 3.69. The van der Waals surface area contributed by atoms with Crippen LogP contribution < -0.4 is 28.7 Å². The molecule has 78 heavy (non-hydrogen) atoms. The number of methoxy groups -OCH3 is 2. The SMILES string of the molecule is COc1cc2[nH]nc(-c3ccc(N4C[C@H](CS(C)(=O)=O)[C@H]4C)nc3)c2cc1O[C@H](C)c1c(Cl)cncc1Cl.COc1cc2[nH]nc(-c3cnc(N4C[C@H](CS(C)(=O)=O)[C@H]4C)c(C#N)c3)c2cc1O[C@H](C)c1c(Cl)cncc1Cl. The lowest BCUT2D eigenvalue weighted by Crippen LogP contribution is -2.57. The van der Waals surface area contributed by atoms with E-state index < -0.39 is 31.9 Å². The van der Waals surface area contributed by atoms with Gasteiger partial charge in [-0.2, -0.15) is 15.5 Å². The monoisotopic (exact) mass is 1180 g/mol. The fourth-order valence-electron chi connectivity index (χ4n) is 9.82. The highest BCUT2D eigenvalue weighted by molar-refractivity contribution is 7.90. The number of pyridine rings is 4. The van der Waals surface area contributed by atoms with Crippen molar-refractivity contribution in [1.29, 1.82) is 5.26 Å². The molecule has 408 valence electrons. The summed E-state index contributed by atoms with van der Waals surface area (Å²) in [6, 6.07) is 15.2. The Kier molecular flexibility index (Phi) is 16.2. The van der Waals surface area contributed by atoms with Gasteiger partial charge in [-0.15, -0.1) is 0 Å². The quantitative estimate of drug-likeness (QED) is 0.0913. The Labute approximate surface area is 471 Å². The number of halogens is 4. The summed E-state index contributed by atoms with van der Waals surface area (Å²) in [5, 5.41) is 28.2. The van der Waals surface area contributed by atoms with E-state index >= 15 is 0 Å². The zero-order valence-electron chi connectivity index (χ0n) is 43.4. The second kappa shape index (κ2) is 22.6. The minimum atomic E-state index is -3.09. The Morgan fingerprint density at radius 3 is 1.50 bits per heavy atom. The number of rotatable bonds is 16. The summed E-state index contributed by atoms with van der Waals surface area (Å²) in [4.78, 5) is 21.3. The molecule has 0 amide bonds. The first kappa shape index (κ1) is 56.1. The molecule has 2 fully saturated rings. The van der Waals surface area contributed by atoms with Gasteiger partial charge in [0.25, 0.3) is 0 Å². The van der Waals surface area contributed by atoms with Gasteiger partial charge in [0.1, 0.15) is 61.0 Å². The van der Waals surface area contributed by atoms with Gasteiger partial charge in [-0.3, -0.25) is 20.2 Å². The maximum absolute atomic E-state index is 11.7. The first-order valence-electron chi connectivity index (χ1n) is 24.3. The number of anilines is 2. The van der Waals surface area contributed by atoms with Gasteiger partial charge < -0.3 is 28.7 Å². The van der Waals surface area contributed by atoms with Crippen LogP contribution in [0.15, 0.2) is 79.6 Å². The third-order valence-corrected chi connectivity index (χ3v) is 17.3. The number of nitrogens with one attached hydrogen (secondary N) is 2. The normalized spacial score (nSPS) is 18.0. The Bertz CT molecular complexity index is 3800. The molecule has 8 heterocycles. The largest absolute Gasteiger partial charge is 0.493 e. The first-order valence-corrected chi connectivity index (χ1v) is 30.0. The standard InChI is InChI=1S/C27H26Cl2N6O4S.C26H27Cl2N5O4S/c1-14-18(13-40(4,36)37)12-35(14)27-16(8-30)5-17(9-32-27)26-19-6-24(23(38-3)7-22(19)33-34-26)39-15(2)25-20(28)10-31-11-21(25)29;1-14-17(13-38(4,34)35)12-33(14)24-6-5-16(9-30-24)26-18-7-23(22(36-3)8-21(18)31-32-26)37-15(2)25-19(27)10-29-11-20(25)28/h5-7,9-11,14-15,18H,12-13H2,1-4H3,(H,33,34);5-11,14-15,17H,12-13H2,1-4H3,(H,31,32)/t14-,15-,18-;14-,15-,17-/m11/s1. The van der Waals surface area contributed by atoms with Gasteiger partial charge in [-0.1, -0.05) is 46.4 Å². The molecule has 6 atom stereocenters. The van der Waals surface area contributed by atoms with E-state index in [0.717, 1.165) is 27.7 Å². The van der Waals surface area contributed by atoms with Gasteiger partial charge in [0.15, 0.2) is 23.0 Å². The lowest BCUT2D eigenvalue weighted by Gasteiger charge is -2.47. The van der Waals surface area contributed by atoms with E-state index in [1.165, 1.54) is 37.3 Å². The Morgan fingerprint density at radius 2 is 1.09 bits per heavy atom. The molecule has 8 aromatic rings. The van der Waals surface area contributed by atoms with Gasteiger partial charge in [0.2, 0.25) is 0 Å². The Hall–Kier alpha value is -6.67. The molecule has 2 aliphatic heterocycles. The summed E-state index contributed by atoms with van der Waals surface area (Å²) in [7, 11) is -2.99. The second-order valence-corrected chi connectivity index (χ2v) is 25.4. The van der Waals surface area contributed by atoms with E-state index in [1.54, 1.807) is 44.8 Å². The molecule has 0 aliphatic carbocycles. The number of hydrogen-bond acceptors (Lipinski definition) is 17. The van der Waals surface area contributed by atoms with Crippen LogP contribution in [0.4, 0.5) is 11.6 Å². The number of H-pyrrole nitrogens is 2. The molecule has 2 saturated heterocycles. The van der Waals surface area contributed by atoms with E-state index in [4.69, 9.17) is 65.4 Å². The van der Waals surface area contributed by atoms with E-state index in [9.17, 15) is 22.1 Å². The number of hydrogen-bond donors (Lipinski definition) is 2. The second-order valence-electron chi connectivity index (χ2n) is 19.4. The molecular formula is C53H53Cl4N11O8S2. The summed E-state index contributed by atoms with van der Waals surface area (Å²) < 4.78 is 70.4. The van der Waals surface area contributed by atoms with Crippen LogP contribution in [0.3, 0.4) is 0 Å². The molecule has 2 N–H and O–H groups in total. The van der Waals surface area contributed by atoms with Crippen LogP contribution in [0.2, 0.25) is 20.1 Å². The van der Waals surface area contributed by atoms with Crippen LogP contribution in [0.1, 0.15) is 56.6 Å². The maximum atomic E-state index is 11.7. The number of nitriles is 1. The number of sulfone groups is 2. The first-order chi connectivity index (χ1) is 37.1. The summed E-state index contributed by atoms with van der Waals surface area (Å²) >= 11 is 25.3. The zero-order chi connectivity index (χ0) is 56.0. The number of aromatic nitrogens is 8. The van der Waals surface area contributed by atoms with Gasteiger partial charge in [-0.25, -0.2) is 26.8 Å². The summed E-state index contributed by atoms with van der Waals surface area (Å²) in [6.45, 7) is 8.83. The molecule has 0 saturated carbocycles. The van der Waals surface area contributed by atoms with Crippen molar-refractivity contribution in [3.63, 3.8) is 0 Å². The number of benzene rings is 2. The molecule has 0 radical (unpaired) electrons. The predicted molar refractivity (Wildman–Crippen MR) is 303 cm³/mol. The molecule has 0 bridgehead atoms. The van der Waals surface area contributed by atoms with Gasteiger partial charge in [0.05, 0.1) is 62.4 Å². The topological polar surface area (TPSA) is 244 Å². The van der Waals surface area contributed by atoms with Crippen molar-refractivity contribution in [3.8, 4) is 51.6 Å². The molecule has 10 rings (SSSR count). The molecular weight excluding hydrogens is 1120 g/mol. The lowest BCUT2D eigenvalue weighted by atomic mass is 9.91. The average molecular weight is 1180 g/mol. The van der Waals surface area contributed by atoms with Crippen LogP contribution in [-0.2, 0) is 19.7 Å². The van der Waals surface area contributed by atoms with Crippen molar-refractivity contribution in [2.45, 2.75) is 52.0 Å². The fourth-order valence-corrected chi connectivity index (χ4v) is 13.5. The molecule has 2 aromatic carbocycles. The van der Waals surface area contributed by atoms with Crippen LogP contribution in [0, 0.1) is 23.2 Å². The van der Waals surface area contributed by atoms with Crippen molar-refractivity contribution >= 4 is 99.5 Å². The van der Waals surface area contributed by atoms with Crippen molar-refractivity contribution in [1.82, 2.24) is 40.3 Å². The smallest absolute Gasteiger partial charge is 0.162 e. The molecule has 0 spiro atoms. The third kappa shape index (κ3) is 11.7. The Morgan fingerprint density at radius 1 is 0.641 bits per heavy atom. The van der Waals surface area contributed by atoms with Crippen LogP contribution in [-0.4, -0.2) is 121 Å². The predicted octanol–water partition coefficient (Wildman–Crippen LogP) is 10.6. The van der Waals surface area contributed by atoms with Gasteiger partial charge in [-0.05, 0) is 58.0 Å². The van der Waals surface area contributed by atoms with Crippen molar-refractivity contribution in [2.24, 2.45) is 11.8 Å². The third-order valence-electron chi connectivity index (χ3n) is 14.0. The highest BCUT2D eigenvalue weighted by atomic mass is 35.5. The van der Waals surface area contributed by atoms with Crippen LogP contribution in [0.5, 0.6) is 23.0 Å². The maximum Gasteiger partial charge on any atom is 0.162 e. The highest BCUT2D eigenvalue weighted by Crippen LogP contribution is 2.43. The fraction of sp³-hybridized carbons (Fsp3) is 0.340. The molecule has 25 heteroatoms. The number of ether oxygens (including phenoxy) is 4. The van der Waals surface area contributed by atoms with Gasteiger partial charge in [0, 0.05) is 132 Å². The van der Waals surface area contributed by atoms with Crippen LogP contribution in [0.25, 0.3) is 44.3 Å². The average Bonchev–Trinajstić information content (AvgIpc) is 4.07. The van der Waals surface area contributed by atoms with Crippen molar-refractivity contribution in [3.05, 3.63) is 116 Å². The number of fused-ring (bicyclic) bond motifs is 2. The zero-order valence-corrected chi connectivity index (χ0v) is 48.1. The summed E-state index contributed by atoms with van der Waals surface area (Å²) in [5.41, 5.74) is 5.85. The number of nitrogens with zero attached hydrogens (tertiary/aromatic N) is 9. The van der Waals surface area contributed by atoms with E-state index in [2.05, 4.69) is 51.3 Å². The summed E-state index contributed by atoms with van der Waals surface area (Å²) in [6.07, 6.45) is 11.0. The molecule has 19 nitrogen and oxygen atoms in total. The highest BCUT2D eigenvalue weighted by Gasteiger charge is 2.40. The lowest BCUT2D eigenvalue weighted by molar-refractivity contribution is 0.216. The van der Waals surface area contributed by atoms with Crippen LogP contribution >= 0.6 is 46.4 Å². The molecule has 6 aromatic heterocycles. The van der Waals surface area contributed by atoms with Crippen molar-refractivity contribution < 1.29 is 35.8 Å². The molecule has 2 aliphatic rings. The van der Waals surface area contributed by atoms with Gasteiger partial charge >= 0.3 is 0 Å². The van der Waals surface area contributed by atoms with Crippen molar-refractivity contribution in [2.75, 3.05) is 61.1 Å². The van der Waals surface area contributed by atoms with E-state index in [-0.39, 0.29) is 35.4 Å². The Balaban J connectivity index is 0.000000190. The minimum Gasteiger partial charge on any atom is -0.493 e. The van der Waals surface area contributed by atoms with E-state index in [1.807, 2.05) is 56.9 Å². The minimum absolute atomic E-state index is 0.00833.